The molecule has 0 bridgehead atoms. The topological polar surface area (TPSA) is 92.9 Å². The lowest BCUT2D eigenvalue weighted by atomic mass is 10.1. The van der Waals surface area contributed by atoms with Crippen LogP contribution in [0.5, 0.6) is 0 Å². The van der Waals surface area contributed by atoms with Crippen LogP contribution in [0.25, 0.3) is 0 Å². The van der Waals surface area contributed by atoms with Gasteiger partial charge in [0.15, 0.2) is 0 Å². The van der Waals surface area contributed by atoms with Gasteiger partial charge in [0.1, 0.15) is 6.04 Å². The van der Waals surface area contributed by atoms with Crippen molar-refractivity contribution in [3.63, 3.8) is 0 Å². The second-order valence-corrected chi connectivity index (χ2v) is 5.31. The SMILES string of the molecule is COC1CC(C(=O)O)N(C(=O)[C@@H](N)CCSC)C1. The van der Waals surface area contributed by atoms with E-state index in [-0.39, 0.29) is 12.0 Å². The third-order valence-corrected chi connectivity index (χ3v) is 3.76. The third kappa shape index (κ3) is 3.60. The van der Waals surface area contributed by atoms with E-state index < -0.39 is 18.1 Å². The first kappa shape index (κ1) is 15.3. The Morgan fingerprint density at radius 1 is 1.61 bits per heavy atom. The predicted octanol–water partition coefficient (Wildman–Crippen LogP) is -0.233. The van der Waals surface area contributed by atoms with Crippen molar-refractivity contribution >= 4 is 23.6 Å². The van der Waals surface area contributed by atoms with Crippen molar-refractivity contribution in [2.75, 3.05) is 25.7 Å². The van der Waals surface area contributed by atoms with Gasteiger partial charge in [-0.15, -0.1) is 0 Å². The molecule has 1 saturated heterocycles. The maximum absolute atomic E-state index is 12.1. The number of hydrogen-bond acceptors (Lipinski definition) is 5. The molecule has 0 aromatic heterocycles. The van der Waals surface area contributed by atoms with Crippen LogP contribution in [0.4, 0.5) is 0 Å². The molecule has 1 heterocycles. The number of methoxy groups -OCH3 is 1. The van der Waals surface area contributed by atoms with Crippen molar-refractivity contribution in [1.29, 1.82) is 0 Å². The summed E-state index contributed by atoms with van der Waals surface area (Å²) in [7, 11) is 1.52. The van der Waals surface area contributed by atoms with Gasteiger partial charge in [0, 0.05) is 20.1 Å². The van der Waals surface area contributed by atoms with Crippen molar-refractivity contribution in [3.8, 4) is 0 Å². The van der Waals surface area contributed by atoms with E-state index in [0.717, 1.165) is 5.75 Å². The van der Waals surface area contributed by atoms with Gasteiger partial charge in [-0.2, -0.15) is 11.8 Å². The molecule has 7 heteroatoms. The summed E-state index contributed by atoms with van der Waals surface area (Å²) >= 11 is 1.61. The Hall–Kier alpha value is -0.790. The average molecular weight is 276 g/mol. The number of likely N-dealkylation sites (tertiary alicyclic amines) is 1. The summed E-state index contributed by atoms with van der Waals surface area (Å²) in [5.41, 5.74) is 5.79. The van der Waals surface area contributed by atoms with Crippen LogP contribution in [0.1, 0.15) is 12.8 Å². The quantitative estimate of drug-likeness (QED) is 0.696. The lowest BCUT2D eigenvalue weighted by molar-refractivity contribution is -0.148. The van der Waals surface area contributed by atoms with Crippen LogP contribution in [0.3, 0.4) is 0 Å². The fourth-order valence-electron chi connectivity index (χ4n) is 2.03. The molecule has 1 amide bonds. The Labute approximate surface area is 111 Å². The number of carbonyl (C=O) groups is 2. The van der Waals surface area contributed by atoms with Gasteiger partial charge in [0.25, 0.3) is 0 Å². The zero-order valence-electron chi connectivity index (χ0n) is 10.7. The number of nitrogens with two attached hydrogens (primary N) is 1. The van der Waals surface area contributed by atoms with Crippen LogP contribution in [0.15, 0.2) is 0 Å². The molecule has 3 atom stereocenters. The average Bonchev–Trinajstić information content (AvgIpc) is 2.79. The molecule has 2 unspecified atom stereocenters. The minimum Gasteiger partial charge on any atom is -0.480 e. The molecule has 1 aliphatic rings. The van der Waals surface area contributed by atoms with E-state index in [1.54, 1.807) is 11.8 Å². The Bertz CT molecular complexity index is 313. The molecule has 6 nitrogen and oxygen atoms in total. The van der Waals surface area contributed by atoms with E-state index in [1.165, 1.54) is 12.0 Å². The van der Waals surface area contributed by atoms with E-state index in [9.17, 15) is 9.59 Å². The highest BCUT2D eigenvalue weighted by atomic mass is 32.2. The summed E-state index contributed by atoms with van der Waals surface area (Å²) in [5.74, 6) is -0.511. The Kier molecular flexibility index (Phi) is 5.90. The molecule has 0 spiro atoms. The molecule has 0 aromatic rings. The van der Waals surface area contributed by atoms with Crippen LogP contribution in [-0.4, -0.2) is 65.7 Å². The fraction of sp³-hybridized carbons (Fsp3) is 0.818. The summed E-state index contributed by atoms with van der Waals surface area (Å²) in [4.78, 5) is 24.6. The Balaban J connectivity index is 2.67. The maximum Gasteiger partial charge on any atom is 0.326 e. The summed E-state index contributed by atoms with van der Waals surface area (Å²) in [6.07, 6.45) is 2.60. The van der Waals surface area contributed by atoms with Gasteiger partial charge in [0.05, 0.1) is 12.1 Å². The summed E-state index contributed by atoms with van der Waals surface area (Å²) < 4.78 is 5.13. The van der Waals surface area contributed by atoms with E-state index in [2.05, 4.69) is 0 Å². The van der Waals surface area contributed by atoms with Crippen LogP contribution in [0.2, 0.25) is 0 Å². The monoisotopic (exact) mass is 276 g/mol. The lowest BCUT2D eigenvalue weighted by Gasteiger charge is -2.24. The first-order valence-corrected chi connectivity index (χ1v) is 7.21. The number of rotatable bonds is 6. The third-order valence-electron chi connectivity index (χ3n) is 3.11. The molecule has 0 saturated carbocycles. The predicted molar refractivity (Wildman–Crippen MR) is 69.5 cm³/mol. The first-order chi connectivity index (χ1) is 8.51. The number of carboxylic acids is 1. The van der Waals surface area contributed by atoms with E-state index in [1.807, 2.05) is 6.26 Å². The second-order valence-electron chi connectivity index (χ2n) is 4.33. The summed E-state index contributed by atoms with van der Waals surface area (Å²) in [6.45, 7) is 0.305. The van der Waals surface area contributed by atoms with Gasteiger partial charge < -0.3 is 20.5 Å². The summed E-state index contributed by atoms with van der Waals surface area (Å²) in [6, 6.07) is -1.45. The Morgan fingerprint density at radius 2 is 2.28 bits per heavy atom. The molecule has 1 aliphatic heterocycles. The van der Waals surface area contributed by atoms with Crippen LogP contribution in [0, 0.1) is 0 Å². The zero-order valence-corrected chi connectivity index (χ0v) is 11.5. The van der Waals surface area contributed by atoms with Gasteiger partial charge in [-0.25, -0.2) is 4.79 Å². The molecule has 18 heavy (non-hydrogen) atoms. The highest BCUT2D eigenvalue weighted by Crippen LogP contribution is 2.21. The molecular weight excluding hydrogens is 256 g/mol. The van der Waals surface area contributed by atoms with Gasteiger partial charge in [0.2, 0.25) is 5.91 Å². The molecule has 3 N–H and O–H groups in total. The summed E-state index contributed by atoms with van der Waals surface area (Å²) in [5, 5.41) is 9.11. The highest BCUT2D eigenvalue weighted by Gasteiger charge is 2.41. The molecule has 0 radical (unpaired) electrons. The normalized spacial score (nSPS) is 25.2. The van der Waals surface area contributed by atoms with Crippen LogP contribution < -0.4 is 5.73 Å². The smallest absolute Gasteiger partial charge is 0.326 e. The number of ether oxygens (including phenoxy) is 1. The van der Waals surface area contributed by atoms with Gasteiger partial charge in [-0.3, -0.25) is 4.79 Å². The molecule has 0 aromatic carbocycles. The van der Waals surface area contributed by atoms with Gasteiger partial charge in [-0.1, -0.05) is 0 Å². The van der Waals surface area contributed by atoms with Crippen LogP contribution in [-0.2, 0) is 14.3 Å². The zero-order chi connectivity index (χ0) is 13.7. The highest BCUT2D eigenvalue weighted by molar-refractivity contribution is 7.98. The lowest BCUT2D eigenvalue weighted by Crippen LogP contribution is -2.48. The molecule has 1 fully saturated rings. The minimum atomic E-state index is -1.00. The van der Waals surface area contributed by atoms with Crippen molar-refractivity contribution in [2.24, 2.45) is 5.73 Å². The molecule has 1 rings (SSSR count). The minimum absolute atomic E-state index is 0.220. The standard InChI is InChI=1S/C11H20N2O4S/c1-17-7-5-9(11(15)16)13(6-7)10(14)8(12)3-4-18-2/h7-9H,3-6,12H2,1-2H3,(H,15,16)/t7?,8-,9?/m0/s1. The largest absolute Gasteiger partial charge is 0.480 e. The number of thioether (sulfide) groups is 1. The Morgan fingerprint density at radius 3 is 2.78 bits per heavy atom. The molecule has 104 valence electrons. The number of nitrogens with zero attached hydrogens (tertiary/aromatic N) is 1. The fourth-order valence-corrected chi connectivity index (χ4v) is 2.52. The first-order valence-electron chi connectivity index (χ1n) is 5.81. The van der Waals surface area contributed by atoms with E-state index >= 15 is 0 Å². The number of carbonyl (C=O) groups excluding carboxylic acids is 1. The molecular formula is C11H20N2O4S. The molecule has 0 aliphatic carbocycles. The van der Waals surface area contributed by atoms with Gasteiger partial charge in [-0.05, 0) is 18.4 Å². The van der Waals surface area contributed by atoms with Crippen molar-refractivity contribution in [2.45, 2.75) is 31.0 Å². The van der Waals surface area contributed by atoms with Crippen molar-refractivity contribution < 1.29 is 19.4 Å². The van der Waals surface area contributed by atoms with Crippen molar-refractivity contribution in [3.05, 3.63) is 0 Å². The number of carboxylic acid groups (broad SMARTS) is 1. The number of amides is 1. The van der Waals surface area contributed by atoms with Crippen molar-refractivity contribution in [1.82, 2.24) is 4.90 Å². The number of hydrogen-bond donors (Lipinski definition) is 2. The van der Waals surface area contributed by atoms with E-state index in [0.29, 0.717) is 19.4 Å². The maximum atomic E-state index is 12.1. The van der Waals surface area contributed by atoms with Gasteiger partial charge >= 0.3 is 5.97 Å². The second kappa shape index (κ2) is 6.96. The van der Waals surface area contributed by atoms with Crippen LogP contribution >= 0.6 is 11.8 Å². The van der Waals surface area contributed by atoms with E-state index in [4.69, 9.17) is 15.6 Å². The number of aliphatic carboxylic acids is 1.